The molecule has 1 aliphatic carbocycles. The Morgan fingerprint density at radius 3 is 2.62 bits per heavy atom. The number of rotatable bonds is 1. The molecule has 2 heterocycles. The third-order valence-electron chi connectivity index (χ3n) is 5.57. The Morgan fingerprint density at radius 2 is 2.00 bits per heavy atom. The van der Waals surface area contributed by atoms with E-state index in [1.165, 1.54) is 11.5 Å². The van der Waals surface area contributed by atoms with Gasteiger partial charge in [-0.3, -0.25) is 14.2 Å². The van der Waals surface area contributed by atoms with Crippen LogP contribution >= 0.6 is 0 Å². The summed E-state index contributed by atoms with van der Waals surface area (Å²) < 4.78 is 30.6. The molecule has 2 aliphatic rings. The van der Waals surface area contributed by atoms with Crippen LogP contribution in [0.5, 0.6) is 0 Å². The molecule has 0 N–H and O–H groups in total. The Balaban J connectivity index is 2.10. The molecule has 0 saturated heterocycles. The van der Waals surface area contributed by atoms with E-state index >= 15 is 0 Å². The molecule has 1 aromatic heterocycles. The fraction of sp³-hybridized carbons (Fsp3) is 0.500. The molecule has 4 nitrogen and oxygen atoms in total. The van der Waals surface area contributed by atoms with Crippen molar-refractivity contribution < 1.29 is 13.6 Å². The van der Waals surface area contributed by atoms with E-state index in [9.17, 15) is 18.4 Å². The maximum atomic E-state index is 14.6. The highest BCUT2D eigenvalue weighted by Crippen LogP contribution is 2.55. The molecule has 126 valence electrons. The molecule has 1 atom stereocenters. The fourth-order valence-electron chi connectivity index (χ4n) is 4.34. The van der Waals surface area contributed by atoms with Crippen LogP contribution in [-0.4, -0.2) is 21.3 Å². The zero-order valence-corrected chi connectivity index (χ0v) is 13.7. The Labute approximate surface area is 137 Å². The van der Waals surface area contributed by atoms with Crippen LogP contribution in [-0.2, 0) is 12.0 Å². The maximum absolute atomic E-state index is 14.6. The van der Waals surface area contributed by atoms with Gasteiger partial charge in [0.1, 0.15) is 5.82 Å². The minimum absolute atomic E-state index is 0.161. The van der Waals surface area contributed by atoms with Crippen LogP contribution in [0.15, 0.2) is 16.9 Å². The number of carbonyl (C=O) groups is 1. The van der Waals surface area contributed by atoms with E-state index in [0.717, 1.165) is 5.56 Å². The van der Waals surface area contributed by atoms with Gasteiger partial charge in [-0.1, -0.05) is 0 Å². The molecule has 0 radical (unpaired) electrons. The van der Waals surface area contributed by atoms with Crippen molar-refractivity contribution in [3.05, 3.63) is 39.4 Å². The number of Topliss-reactive ketones (excluding diaryl/α,β-unsaturated/α-hetero) is 1. The molecule has 1 fully saturated rings. The molecular weight excluding hydrogens is 314 g/mol. The summed E-state index contributed by atoms with van der Waals surface area (Å²) in [7, 11) is 0. The molecule has 2 aromatic rings. The number of carbonyl (C=O) groups excluding carboxylic acids is 1. The molecule has 1 aliphatic heterocycles. The lowest BCUT2D eigenvalue weighted by Crippen LogP contribution is -2.40. The van der Waals surface area contributed by atoms with Gasteiger partial charge in [0.25, 0.3) is 11.5 Å². The minimum atomic E-state index is -2.86. The monoisotopic (exact) mass is 332 g/mol. The molecule has 1 unspecified atom stereocenters. The van der Waals surface area contributed by atoms with Gasteiger partial charge < -0.3 is 0 Å². The summed E-state index contributed by atoms with van der Waals surface area (Å²) in [5.41, 5.74) is -0.312. The molecule has 6 heteroatoms. The van der Waals surface area contributed by atoms with Crippen LogP contribution in [0.25, 0.3) is 10.9 Å². The smallest absolute Gasteiger partial charge is 0.261 e. The van der Waals surface area contributed by atoms with Crippen molar-refractivity contribution in [3.63, 3.8) is 0 Å². The molecule has 1 aromatic carbocycles. The number of fused-ring (bicyclic) bond motifs is 3. The Bertz CT molecular complexity index is 948. The van der Waals surface area contributed by atoms with Crippen molar-refractivity contribution >= 4 is 16.7 Å². The summed E-state index contributed by atoms with van der Waals surface area (Å²) in [5, 5.41) is 0.335. The van der Waals surface area contributed by atoms with Crippen LogP contribution in [0.3, 0.4) is 0 Å². The predicted molar refractivity (Wildman–Crippen MR) is 85.8 cm³/mol. The topological polar surface area (TPSA) is 52.0 Å². The second kappa shape index (κ2) is 4.71. The molecule has 4 rings (SSSR count). The lowest BCUT2D eigenvalue weighted by molar-refractivity contribution is -0.0584. The first-order valence-corrected chi connectivity index (χ1v) is 8.21. The van der Waals surface area contributed by atoms with Gasteiger partial charge in [0.15, 0.2) is 5.78 Å². The quantitative estimate of drug-likeness (QED) is 0.753. The van der Waals surface area contributed by atoms with E-state index in [-0.39, 0.29) is 42.1 Å². The van der Waals surface area contributed by atoms with Gasteiger partial charge in [-0.25, -0.2) is 13.8 Å². The Hall–Kier alpha value is -2.11. The third kappa shape index (κ3) is 1.79. The standard InChI is InChI=1S/C18H18F2N2O2/c1-10-8-12(11(2)23)14-13(9-10)15(24)22-7-6-17(16(22)21-14)4-3-5-18(17,19)20/h8-9H,3-7H2,1-2H3. The highest BCUT2D eigenvalue weighted by atomic mass is 19.3. The number of aryl methyl sites for hydroxylation is 1. The number of alkyl halides is 2. The van der Waals surface area contributed by atoms with Crippen molar-refractivity contribution in [2.24, 2.45) is 0 Å². The van der Waals surface area contributed by atoms with Gasteiger partial charge >= 0.3 is 0 Å². The summed E-state index contributed by atoms with van der Waals surface area (Å²) in [6, 6.07) is 3.35. The van der Waals surface area contributed by atoms with E-state index in [0.29, 0.717) is 23.8 Å². The zero-order valence-electron chi connectivity index (χ0n) is 13.7. The summed E-state index contributed by atoms with van der Waals surface area (Å²) in [5.74, 6) is -2.92. The van der Waals surface area contributed by atoms with E-state index in [1.54, 1.807) is 19.1 Å². The van der Waals surface area contributed by atoms with Gasteiger partial charge in [-0.05, 0) is 50.8 Å². The molecule has 0 amide bonds. The third-order valence-corrected chi connectivity index (χ3v) is 5.57. The number of nitrogens with zero attached hydrogens (tertiary/aromatic N) is 2. The minimum Gasteiger partial charge on any atom is -0.295 e. The van der Waals surface area contributed by atoms with E-state index in [1.807, 2.05) is 0 Å². The average molecular weight is 332 g/mol. The van der Waals surface area contributed by atoms with Crippen molar-refractivity contribution in [1.29, 1.82) is 0 Å². The van der Waals surface area contributed by atoms with Crippen LogP contribution in [0.4, 0.5) is 8.78 Å². The summed E-state index contributed by atoms with van der Waals surface area (Å²) in [4.78, 5) is 29.3. The number of aromatic nitrogens is 2. The van der Waals surface area contributed by atoms with Crippen molar-refractivity contribution in [1.82, 2.24) is 9.55 Å². The molecule has 1 spiro atoms. The molecule has 24 heavy (non-hydrogen) atoms. The lowest BCUT2D eigenvalue weighted by atomic mass is 9.81. The van der Waals surface area contributed by atoms with E-state index in [2.05, 4.69) is 4.98 Å². The summed E-state index contributed by atoms with van der Waals surface area (Å²) in [6.07, 6.45) is 0.814. The van der Waals surface area contributed by atoms with Crippen molar-refractivity contribution in [2.75, 3.05) is 0 Å². The SMILES string of the molecule is CC(=O)c1cc(C)cc2c(=O)n3c(nc12)C1(CCCC1(F)F)CC3. The van der Waals surface area contributed by atoms with E-state index < -0.39 is 11.3 Å². The number of hydrogen-bond acceptors (Lipinski definition) is 3. The number of halogens is 2. The number of benzene rings is 1. The van der Waals surface area contributed by atoms with Crippen molar-refractivity contribution in [3.8, 4) is 0 Å². The largest absolute Gasteiger partial charge is 0.295 e. The summed E-state index contributed by atoms with van der Waals surface area (Å²) in [6.45, 7) is 3.46. The average Bonchev–Trinajstić information content (AvgIpc) is 3.02. The first kappa shape index (κ1) is 15.4. The highest BCUT2D eigenvalue weighted by molar-refractivity contribution is 6.05. The maximum Gasteiger partial charge on any atom is 0.261 e. The number of hydrogen-bond donors (Lipinski definition) is 0. The molecule has 0 bridgehead atoms. The first-order valence-electron chi connectivity index (χ1n) is 8.21. The second-order valence-electron chi connectivity index (χ2n) is 7.05. The molecule has 1 saturated carbocycles. The van der Waals surface area contributed by atoms with Gasteiger partial charge in [0.2, 0.25) is 0 Å². The van der Waals surface area contributed by atoms with Gasteiger partial charge in [0, 0.05) is 18.5 Å². The summed E-state index contributed by atoms with van der Waals surface area (Å²) >= 11 is 0. The van der Waals surface area contributed by atoms with Gasteiger partial charge in [0.05, 0.1) is 16.3 Å². The second-order valence-corrected chi connectivity index (χ2v) is 7.05. The lowest BCUT2D eigenvalue weighted by Gasteiger charge is -2.30. The van der Waals surface area contributed by atoms with Crippen LogP contribution in [0, 0.1) is 6.92 Å². The predicted octanol–water partition coefficient (Wildman–Crippen LogP) is 3.37. The number of ketones is 1. The Morgan fingerprint density at radius 1 is 1.25 bits per heavy atom. The zero-order chi connectivity index (χ0) is 17.3. The van der Waals surface area contributed by atoms with Gasteiger partial charge in [-0.2, -0.15) is 0 Å². The van der Waals surface area contributed by atoms with Crippen LogP contribution < -0.4 is 5.56 Å². The van der Waals surface area contributed by atoms with Crippen LogP contribution in [0.2, 0.25) is 0 Å². The Kier molecular flexibility index (Phi) is 3.03. The molecular formula is C18H18F2N2O2. The normalized spacial score (nSPS) is 24.7. The van der Waals surface area contributed by atoms with E-state index in [4.69, 9.17) is 0 Å². The van der Waals surface area contributed by atoms with Crippen molar-refractivity contribution in [2.45, 2.75) is 57.4 Å². The van der Waals surface area contributed by atoms with Crippen LogP contribution in [0.1, 0.15) is 54.4 Å². The first-order chi connectivity index (χ1) is 11.3. The van der Waals surface area contributed by atoms with Gasteiger partial charge in [-0.15, -0.1) is 0 Å². The highest BCUT2D eigenvalue weighted by Gasteiger charge is 2.62. The fourth-order valence-corrected chi connectivity index (χ4v) is 4.34.